The second-order valence-corrected chi connectivity index (χ2v) is 13.5. The smallest absolute Gasteiger partial charge is 0.264 e. The Labute approximate surface area is 232 Å². The molecule has 0 bridgehead atoms. The third-order valence-electron chi connectivity index (χ3n) is 7.82. The van der Waals surface area contributed by atoms with E-state index in [0.717, 1.165) is 30.4 Å². The first kappa shape index (κ1) is 27.3. The molecule has 1 amide bonds. The fraction of sp³-hybridized carbons (Fsp3) is 0.406. The molecule has 1 heterocycles. The van der Waals surface area contributed by atoms with Crippen molar-refractivity contribution in [2.75, 3.05) is 10.8 Å². The maximum atomic E-state index is 13.9. The maximum absolute atomic E-state index is 13.9. The number of nitrogens with one attached hydrogen (secondary N) is 1. The average molecular weight is 547 g/mol. The van der Waals surface area contributed by atoms with Gasteiger partial charge in [0.05, 0.1) is 23.2 Å². The number of rotatable bonds is 6. The Balaban J connectivity index is 1.46. The summed E-state index contributed by atoms with van der Waals surface area (Å²) in [7, 11) is -3.93. The summed E-state index contributed by atoms with van der Waals surface area (Å²) in [6, 6.07) is 20.3. The van der Waals surface area contributed by atoms with E-state index in [4.69, 9.17) is 4.74 Å². The molecule has 6 nitrogen and oxygen atoms in total. The number of benzene rings is 3. The van der Waals surface area contributed by atoms with Gasteiger partial charge in [-0.15, -0.1) is 0 Å². The third kappa shape index (κ3) is 5.55. The minimum absolute atomic E-state index is 0.107. The molecule has 3 aromatic carbocycles. The Hall–Kier alpha value is -3.32. The second-order valence-electron chi connectivity index (χ2n) is 11.6. The molecule has 39 heavy (non-hydrogen) atoms. The van der Waals surface area contributed by atoms with E-state index in [1.807, 2.05) is 19.1 Å². The van der Waals surface area contributed by atoms with Gasteiger partial charge < -0.3 is 10.1 Å². The molecular weight excluding hydrogens is 508 g/mol. The lowest BCUT2D eigenvalue weighted by atomic mass is 9.86. The molecule has 3 aromatic rings. The van der Waals surface area contributed by atoms with Crippen molar-refractivity contribution < 1.29 is 17.9 Å². The molecule has 0 fully saturated rings. The first-order valence-electron chi connectivity index (χ1n) is 13.9. The van der Waals surface area contributed by atoms with Gasteiger partial charge in [-0.1, -0.05) is 70.2 Å². The second kappa shape index (κ2) is 10.7. The number of nitrogens with zero attached hydrogens (tertiary/aromatic N) is 1. The number of hydrogen-bond acceptors (Lipinski definition) is 4. The monoisotopic (exact) mass is 546 g/mol. The highest BCUT2D eigenvalue weighted by atomic mass is 32.2. The van der Waals surface area contributed by atoms with Gasteiger partial charge in [0.2, 0.25) is 0 Å². The summed E-state index contributed by atoms with van der Waals surface area (Å²) >= 11 is 0. The van der Waals surface area contributed by atoms with Crippen LogP contribution in [-0.4, -0.2) is 27.0 Å². The zero-order valence-electron chi connectivity index (χ0n) is 23.2. The van der Waals surface area contributed by atoms with Crippen LogP contribution in [0.2, 0.25) is 0 Å². The molecule has 0 radical (unpaired) electrons. The highest BCUT2D eigenvalue weighted by Gasteiger charge is 2.38. The fourth-order valence-corrected chi connectivity index (χ4v) is 6.95. The molecule has 2 aliphatic rings. The molecule has 0 unspecified atom stereocenters. The molecule has 2 atom stereocenters. The van der Waals surface area contributed by atoms with E-state index >= 15 is 0 Å². The topological polar surface area (TPSA) is 75.7 Å². The summed E-state index contributed by atoms with van der Waals surface area (Å²) in [5.74, 6) is 0.0640. The van der Waals surface area contributed by atoms with E-state index in [9.17, 15) is 13.2 Å². The van der Waals surface area contributed by atoms with Gasteiger partial charge in [0, 0.05) is 0 Å². The molecule has 7 heteroatoms. The number of aryl methyl sites for hydroxylation is 2. The minimum atomic E-state index is -3.93. The normalized spacial score (nSPS) is 17.9. The molecule has 5 rings (SSSR count). The summed E-state index contributed by atoms with van der Waals surface area (Å²) in [5, 5.41) is 3.15. The Morgan fingerprint density at radius 2 is 1.72 bits per heavy atom. The van der Waals surface area contributed by atoms with Crippen molar-refractivity contribution in [2.24, 2.45) is 0 Å². The number of amides is 1. The Morgan fingerprint density at radius 1 is 1.00 bits per heavy atom. The van der Waals surface area contributed by atoms with Crippen LogP contribution in [0.3, 0.4) is 0 Å². The number of carbonyl (C=O) groups excluding carboxylic acids is 1. The molecule has 0 spiro atoms. The summed E-state index contributed by atoms with van der Waals surface area (Å²) in [6.07, 6.45) is 4.32. The van der Waals surface area contributed by atoms with Crippen molar-refractivity contribution in [3.8, 4) is 5.75 Å². The Bertz CT molecular complexity index is 1460. The fourth-order valence-electron chi connectivity index (χ4n) is 5.46. The van der Waals surface area contributed by atoms with Crippen LogP contribution >= 0.6 is 0 Å². The zero-order chi connectivity index (χ0) is 27.8. The third-order valence-corrected chi connectivity index (χ3v) is 9.61. The minimum Gasteiger partial charge on any atom is -0.476 e. The van der Waals surface area contributed by atoms with Gasteiger partial charge in [-0.3, -0.25) is 9.10 Å². The molecule has 1 aliphatic carbocycles. The Kier molecular flexibility index (Phi) is 7.47. The standard InChI is InChI=1S/C32H38N2O4S/c1-5-27(24-16-15-22-11-9-10-12-23(22)19-24)33-31(35)30-21-34(39(36,37)26-13-7-6-8-14-26)28-20-25(32(2,3)4)17-18-29(28)38-30/h6-8,13-20,27,30H,5,9-12,21H2,1-4H3,(H,33,35)/t27-,30+/m0/s1. The van der Waals surface area contributed by atoms with Crippen LogP contribution in [0, 0.1) is 0 Å². The van der Waals surface area contributed by atoms with Gasteiger partial charge in [-0.05, 0) is 84.0 Å². The number of sulfonamides is 1. The van der Waals surface area contributed by atoms with Crippen LogP contribution in [0.15, 0.2) is 71.6 Å². The maximum Gasteiger partial charge on any atom is 0.264 e. The summed E-state index contributed by atoms with van der Waals surface area (Å²) in [4.78, 5) is 13.8. The number of hydrogen-bond donors (Lipinski definition) is 1. The molecule has 0 saturated heterocycles. The quantitative estimate of drug-likeness (QED) is 0.406. The Morgan fingerprint density at radius 3 is 2.41 bits per heavy atom. The van der Waals surface area contributed by atoms with E-state index in [1.54, 1.807) is 36.4 Å². The van der Waals surface area contributed by atoms with Crippen molar-refractivity contribution in [3.63, 3.8) is 0 Å². The molecule has 206 valence electrons. The number of carbonyl (C=O) groups is 1. The summed E-state index contributed by atoms with van der Waals surface area (Å²) in [5.41, 5.74) is 5.09. The predicted octanol–water partition coefficient (Wildman–Crippen LogP) is 6.09. The van der Waals surface area contributed by atoms with Crippen molar-refractivity contribution in [3.05, 3.63) is 89.0 Å². The van der Waals surface area contributed by atoms with Crippen LogP contribution in [0.4, 0.5) is 5.69 Å². The zero-order valence-corrected chi connectivity index (χ0v) is 24.1. The van der Waals surface area contributed by atoms with Crippen molar-refractivity contribution in [1.29, 1.82) is 0 Å². The van der Waals surface area contributed by atoms with E-state index in [0.29, 0.717) is 11.4 Å². The van der Waals surface area contributed by atoms with Crippen LogP contribution in [0.5, 0.6) is 5.75 Å². The average Bonchev–Trinajstić information content (AvgIpc) is 2.94. The van der Waals surface area contributed by atoms with Gasteiger partial charge in [0.25, 0.3) is 15.9 Å². The molecular formula is C32H38N2O4S. The number of ether oxygens (including phenoxy) is 1. The van der Waals surface area contributed by atoms with Crippen molar-refractivity contribution in [2.45, 2.75) is 82.3 Å². The van der Waals surface area contributed by atoms with Crippen LogP contribution in [0.1, 0.15) is 75.3 Å². The van der Waals surface area contributed by atoms with Crippen molar-refractivity contribution in [1.82, 2.24) is 5.32 Å². The molecule has 0 aromatic heterocycles. The van der Waals surface area contributed by atoms with E-state index in [2.05, 4.69) is 44.3 Å². The van der Waals surface area contributed by atoms with Crippen molar-refractivity contribution >= 4 is 21.6 Å². The van der Waals surface area contributed by atoms with Gasteiger partial charge in [-0.2, -0.15) is 0 Å². The lowest BCUT2D eigenvalue weighted by Gasteiger charge is -2.36. The van der Waals surface area contributed by atoms with E-state index < -0.39 is 16.1 Å². The molecule has 1 N–H and O–H groups in total. The van der Waals surface area contributed by atoms with E-state index in [1.165, 1.54) is 28.3 Å². The van der Waals surface area contributed by atoms with Crippen LogP contribution < -0.4 is 14.4 Å². The predicted molar refractivity (Wildman–Crippen MR) is 155 cm³/mol. The summed E-state index contributed by atoms with van der Waals surface area (Å²) < 4.78 is 35.2. The first-order valence-corrected chi connectivity index (χ1v) is 15.3. The highest BCUT2D eigenvalue weighted by molar-refractivity contribution is 7.92. The van der Waals surface area contributed by atoms with Gasteiger partial charge >= 0.3 is 0 Å². The SMILES string of the molecule is CC[C@H](NC(=O)[C@H]1CN(S(=O)(=O)c2ccccc2)c2cc(C(C)(C)C)ccc2O1)c1ccc2c(c1)CCCC2. The number of anilines is 1. The van der Waals surface area contributed by atoms with Gasteiger partial charge in [0.1, 0.15) is 5.75 Å². The first-order chi connectivity index (χ1) is 18.6. The van der Waals surface area contributed by atoms with Gasteiger partial charge in [-0.25, -0.2) is 8.42 Å². The number of fused-ring (bicyclic) bond motifs is 2. The van der Waals surface area contributed by atoms with Crippen LogP contribution in [0.25, 0.3) is 0 Å². The van der Waals surface area contributed by atoms with Crippen LogP contribution in [-0.2, 0) is 33.1 Å². The molecule has 1 aliphatic heterocycles. The highest BCUT2D eigenvalue weighted by Crippen LogP contribution is 2.40. The lowest BCUT2D eigenvalue weighted by molar-refractivity contribution is -0.128. The lowest BCUT2D eigenvalue weighted by Crippen LogP contribution is -2.51. The van der Waals surface area contributed by atoms with E-state index in [-0.39, 0.29) is 28.8 Å². The molecule has 0 saturated carbocycles. The largest absolute Gasteiger partial charge is 0.476 e. The van der Waals surface area contributed by atoms with Gasteiger partial charge in [0.15, 0.2) is 6.10 Å². The summed E-state index contributed by atoms with van der Waals surface area (Å²) in [6.45, 7) is 8.18.